The first kappa shape index (κ1) is 5.62. The van der Waals surface area contributed by atoms with Gasteiger partial charge in [-0.3, -0.25) is 10.1 Å². The van der Waals surface area contributed by atoms with E-state index in [2.05, 4.69) is 0 Å². The van der Waals surface area contributed by atoms with Crippen LogP contribution in [-0.4, -0.2) is 20.8 Å². The van der Waals surface area contributed by atoms with E-state index in [9.17, 15) is 10.1 Å². The Hall–Kier alpha value is -0.383. The molecular weight excluding hydrogens is 98.1 g/mol. The Morgan fingerprint density at radius 2 is 2.17 bits per heavy atom. The summed E-state index contributed by atoms with van der Waals surface area (Å²) in [6.07, 6.45) is 0. The molecule has 36 valence electrons. The van der Waals surface area contributed by atoms with E-state index in [-0.39, 0.29) is 10.6 Å². The molecule has 4 heteroatoms. The van der Waals surface area contributed by atoms with E-state index < -0.39 is 0 Å². The van der Waals surface area contributed by atoms with Gasteiger partial charge in [0, 0.05) is 4.92 Å². The molecule has 0 aliphatic carbocycles. The van der Waals surface area contributed by atoms with Crippen molar-refractivity contribution >= 4 is 10.2 Å². The molecule has 0 fully saturated rings. The Balaban J connectivity index is 3.26. The molecule has 0 aliphatic heterocycles. The molecule has 0 aromatic heterocycles. The van der Waals surface area contributed by atoms with Crippen LogP contribution in [0.4, 0.5) is 0 Å². The van der Waals surface area contributed by atoms with E-state index in [1.165, 1.54) is 0 Å². The average molecular weight is 105 g/mol. The topological polar surface area (TPSA) is 43.1 Å². The van der Waals surface area contributed by atoms with Gasteiger partial charge in [-0.2, -0.15) is 0 Å². The van der Waals surface area contributed by atoms with Crippen molar-refractivity contribution in [1.82, 2.24) is 0 Å². The molecule has 0 bridgehead atoms. The summed E-state index contributed by atoms with van der Waals surface area (Å²) in [4.78, 5) is 9.27. The maximum atomic E-state index is 9.54. The number of nitrogens with zero attached hydrogens (tertiary/aromatic N) is 1. The molecule has 0 aliphatic rings. The van der Waals surface area contributed by atoms with Crippen molar-refractivity contribution in [1.29, 1.82) is 0 Å². The molecule has 0 amide bonds. The minimum atomic E-state index is -0.287. The largest absolute Gasteiger partial charge is 0.265 e. The van der Waals surface area contributed by atoms with Crippen molar-refractivity contribution in [3.05, 3.63) is 10.1 Å². The van der Waals surface area contributed by atoms with Gasteiger partial charge in [0.05, 0.1) is 10.2 Å². The van der Waals surface area contributed by atoms with Crippen LogP contribution in [0.2, 0.25) is 0 Å². The van der Waals surface area contributed by atoms with Crippen molar-refractivity contribution < 1.29 is 4.92 Å². The molecule has 0 saturated carbocycles. The van der Waals surface area contributed by atoms with Crippen molar-refractivity contribution in [2.45, 2.75) is 12.6 Å². The van der Waals surface area contributed by atoms with Crippen LogP contribution >= 0.6 is 0 Å². The second-order valence-corrected chi connectivity index (χ2v) is 3.05. The van der Waals surface area contributed by atoms with Gasteiger partial charge in [0.1, 0.15) is 0 Å². The van der Waals surface area contributed by atoms with Gasteiger partial charge in [0.2, 0.25) is 0 Å². The van der Waals surface area contributed by atoms with Crippen LogP contribution in [0.1, 0.15) is 6.92 Å². The third kappa shape index (κ3) is 1.89. The van der Waals surface area contributed by atoms with Gasteiger partial charge in [-0.05, 0) is 6.92 Å². The van der Waals surface area contributed by atoms with Crippen molar-refractivity contribution in [3.8, 4) is 0 Å². The maximum absolute atomic E-state index is 9.54. The molecule has 0 rings (SSSR count). The standard InChI is InChI=1S/C2H7NO2Si/c1-2(6)3(4)5/h2H,1,6H3. The van der Waals surface area contributed by atoms with Gasteiger partial charge in [-0.1, -0.05) is 0 Å². The zero-order valence-electron chi connectivity index (χ0n) is 3.84. The molecule has 6 heavy (non-hydrogen) atoms. The maximum Gasteiger partial charge on any atom is 0.181 e. The highest BCUT2D eigenvalue weighted by Crippen LogP contribution is 1.74. The van der Waals surface area contributed by atoms with E-state index in [1.54, 1.807) is 6.92 Å². The average Bonchev–Trinajstić information content (AvgIpc) is 1.36. The lowest BCUT2D eigenvalue weighted by Gasteiger charge is -1.88. The fraction of sp³-hybridized carbons (Fsp3) is 1.00. The van der Waals surface area contributed by atoms with Gasteiger partial charge in [-0.15, -0.1) is 0 Å². The van der Waals surface area contributed by atoms with E-state index in [0.717, 1.165) is 0 Å². The number of hydrogen-bond acceptors (Lipinski definition) is 2. The minimum Gasteiger partial charge on any atom is -0.265 e. The van der Waals surface area contributed by atoms with E-state index >= 15 is 0 Å². The lowest BCUT2D eigenvalue weighted by molar-refractivity contribution is -0.494. The zero-order valence-corrected chi connectivity index (χ0v) is 5.84. The second kappa shape index (κ2) is 1.91. The Morgan fingerprint density at radius 3 is 2.17 bits per heavy atom. The van der Waals surface area contributed by atoms with Crippen molar-refractivity contribution in [3.63, 3.8) is 0 Å². The van der Waals surface area contributed by atoms with Crippen LogP contribution in [-0.2, 0) is 0 Å². The van der Waals surface area contributed by atoms with E-state index in [4.69, 9.17) is 0 Å². The molecule has 1 atom stereocenters. The predicted molar refractivity (Wildman–Crippen MR) is 26.4 cm³/mol. The highest BCUT2D eigenvalue weighted by atomic mass is 28.1. The molecule has 0 aromatic rings. The van der Waals surface area contributed by atoms with Gasteiger partial charge in [0.25, 0.3) is 0 Å². The summed E-state index contributed by atoms with van der Waals surface area (Å²) >= 11 is 0. The quantitative estimate of drug-likeness (QED) is 0.243. The first-order valence-corrected chi connectivity index (χ1v) is 2.93. The molecule has 0 N–H and O–H groups in total. The number of hydrogen-bond donors (Lipinski definition) is 0. The highest BCUT2D eigenvalue weighted by Gasteiger charge is 1.99. The minimum absolute atomic E-state index is 0.272. The zero-order chi connectivity index (χ0) is 5.15. The summed E-state index contributed by atoms with van der Waals surface area (Å²) in [6.45, 7) is 1.60. The summed E-state index contributed by atoms with van der Waals surface area (Å²) in [7, 11) is 0.654. The summed E-state index contributed by atoms with van der Waals surface area (Å²) in [5.41, 5.74) is -0.287. The van der Waals surface area contributed by atoms with Crippen molar-refractivity contribution in [2.24, 2.45) is 0 Å². The fourth-order valence-corrected chi connectivity index (χ4v) is 0. The van der Waals surface area contributed by atoms with Crippen LogP contribution in [0.25, 0.3) is 0 Å². The van der Waals surface area contributed by atoms with Crippen LogP contribution < -0.4 is 0 Å². The summed E-state index contributed by atoms with van der Waals surface area (Å²) < 4.78 is 0. The lowest BCUT2D eigenvalue weighted by Crippen LogP contribution is -2.13. The summed E-state index contributed by atoms with van der Waals surface area (Å²) in [5.74, 6) is 0. The van der Waals surface area contributed by atoms with E-state index in [0.29, 0.717) is 10.2 Å². The van der Waals surface area contributed by atoms with Crippen LogP contribution in [0.3, 0.4) is 0 Å². The second-order valence-electron chi connectivity index (χ2n) is 1.38. The first-order chi connectivity index (χ1) is 2.64. The summed E-state index contributed by atoms with van der Waals surface area (Å²) in [5, 5.41) is 9.54. The molecule has 1 unspecified atom stereocenters. The van der Waals surface area contributed by atoms with Crippen molar-refractivity contribution in [2.75, 3.05) is 0 Å². The lowest BCUT2D eigenvalue weighted by atomic mass is 10.8. The van der Waals surface area contributed by atoms with Gasteiger partial charge in [0.15, 0.2) is 5.67 Å². The molecule has 0 heterocycles. The smallest absolute Gasteiger partial charge is 0.181 e. The fourth-order valence-electron chi connectivity index (χ4n) is 0. The van der Waals surface area contributed by atoms with Gasteiger partial charge < -0.3 is 0 Å². The molecule has 3 nitrogen and oxygen atoms in total. The third-order valence-corrected chi connectivity index (χ3v) is 0.843. The first-order valence-electron chi connectivity index (χ1n) is 1.78. The molecule has 0 radical (unpaired) electrons. The summed E-state index contributed by atoms with van der Waals surface area (Å²) in [6, 6.07) is 0. The van der Waals surface area contributed by atoms with Crippen LogP contribution in [0, 0.1) is 10.1 Å². The monoisotopic (exact) mass is 105 g/mol. The highest BCUT2D eigenvalue weighted by molar-refractivity contribution is 6.10. The van der Waals surface area contributed by atoms with Gasteiger partial charge in [-0.25, -0.2) is 0 Å². The van der Waals surface area contributed by atoms with Gasteiger partial charge >= 0.3 is 0 Å². The molecular formula is C2H7NO2Si. The van der Waals surface area contributed by atoms with Crippen LogP contribution in [0.5, 0.6) is 0 Å². The number of nitro groups is 1. The van der Waals surface area contributed by atoms with E-state index in [1.807, 2.05) is 0 Å². The Morgan fingerprint density at radius 1 is 2.00 bits per heavy atom. The Bertz CT molecular complexity index is 62.6. The number of rotatable bonds is 1. The molecule has 0 spiro atoms. The Labute approximate surface area is 38.9 Å². The van der Waals surface area contributed by atoms with Crippen LogP contribution in [0.15, 0.2) is 0 Å². The molecule has 0 saturated heterocycles. The normalized spacial score (nSPS) is 14.2. The Kier molecular flexibility index (Phi) is 1.79. The predicted octanol–water partition coefficient (Wildman–Crippen LogP) is -1.03. The SMILES string of the molecule is CC([SiH3])[N+](=O)[O-]. The molecule has 0 aromatic carbocycles. The third-order valence-electron chi connectivity index (χ3n) is 0.422.